The fourth-order valence-corrected chi connectivity index (χ4v) is 2.72. The highest BCUT2D eigenvalue weighted by Gasteiger charge is 2.21. The molecule has 0 heterocycles. The molecule has 0 aliphatic heterocycles. The molecule has 0 fully saturated rings. The topological polar surface area (TPSA) is 90.5 Å². The van der Waals surface area contributed by atoms with Gasteiger partial charge in [-0.1, -0.05) is 40.9 Å². The summed E-state index contributed by atoms with van der Waals surface area (Å²) >= 11 is 11.8. The average Bonchev–Trinajstić information content (AvgIpc) is 2.67. The van der Waals surface area contributed by atoms with Crippen molar-refractivity contribution >= 4 is 46.6 Å². The van der Waals surface area contributed by atoms with Crippen LogP contribution in [0, 0.1) is 6.92 Å². The van der Waals surface area contributed by atoms with E-state index in [1.54, 1.807) is 55.3 Å². The number of nitrogens with one attached hydrogen (secondary N) is 3. The molecule has 0 saturated heterocycles. The minimum absolute atomic E-state index is 0.0410. The van der Waals surface area contributed by atoms with Crippen molar-refractivity contribution in [3.8, 4) is 0 Å². The van der Waals surface area contributed by atoms with E-state index < -0.39 is 17.9 Å². The highest BCUT2D eigenvalue weighted by Crippen LogP contribution is 2.24. The largest absolute Gasteiger partial charge is 0.325 e. The monoisotopic (exact) mass is 436 g/mol. The first kappa shape index (κ1) is 22.7. The predicted octanol–water partition coefficient (Wildman–Crippen LogP) is 3.02. The molecule has 0 saturated carbocycles. The minimum atomic E-state index is -0.660. The summed E-state index contributed by atoms with van der Waals surface area (Å²) in [4.78, 5) is 38.1. The van der Waals surface area contributed by atoms with Gasteiger partial charge in [-0.15, -0.1) is 0 Å². The van der Waals surface area contributed by atoms with Gasteiger partial charge >= 0.3 is 0 Å². The molecule has 9 heteroatoms. The van der Waals surface area contributed by atoms with Gasteiger partial charge in [-0.05, 0) is 51.2 Å². The Bertz CT molecular complexity index is 920. The Morgan fingerprint density at radius 1 is 1.03 bits per heavy atom. The molecule has 0 radical (unpaired) electrons. The lowest BCUT2D eigenvalue weighted by Gasteiger charge is -2.23. The van der Waals surface area contributed by atoms with E-state index in [2.05, 4.69) is 16.2 Å². The lowest BCUT2D eigenvalue weighted by atomic mass is 10.1. The fourth-order valence-electron chi connectivity index (χ4n) is 2.42. The summed E-state index contributed by atoms with van der Waals surface area (Å²) in [5.74, 6) is -1.19. The van der Waals surface area contributed by atoms with E-state index in [0.29, 0.717) is 21.3 Å². The Labute approximate surface area is 179 Å². The van der Waals surface area contributed by atoms with Crippen LogP contribution in [-0.2, 0) is 9.59 Å². The second kappa shape index (κ2) is 10.2. The van der Waals surface area contributed by atoms with Crippen LogP contribution in [0.15, 0.2) is 42.5 Å². The Morgan fingerprint density at radius 3 is 2.41 bits per heavy atom. The third-order valence-electron chi connectivity index (χ3n) is 4.22. The van der Waals surface area contributed by atoms with Gasteiger partial charge in [0.1, 0.15) is 0 Å². The van der Waals surface area contributed by atoms with Crippen LogP contribution in [0.4, 0.5) is 5.69 Å². The second-order valence-corrected chi connectivity index (χ2v) is 7.40. The number of benzene rings is 2. The van der Waals surface area contributed by atoms with E-state index in [9.17, 15) is 14.4 Å². The van der Waals surface area contributed by atoms with Gasteiger partial charge in [0.25, 0.3) is 11.8 Å². The van der Waals surface area contributed by atoms with Crippen LogP contribution in [0.3, 0.4) is 0 Å². The smallest absolute Gasteiger partial charge is 0.269 e. The van der Waals surface area contributed by atoms with Crippen molar-refractivity contribution in [2.75, 3.05) is 18.9 Å². The Kier molecular flexibility index (Phi) is 8.01. The first-order valence-electron chi connectivity index (χ1n) is 8.79. The number of hydrogen-bond donors (Lipinski definition) is 3. The lowest BCUT2D eigenvalue weighted by Crippen LogP contribution is -2.51. The Morgan fingerprint density at radius 2 is 1.76 bits per heavy atom. The van der Waals surface area contributed by atoms with E-state index in [1.165, 1.54) is 0 Å². The first-order chi connectivity index (χ1) is 13.7. The Hall–Kier alpha value is -2.61. The maximum absolute atomic E-state index is 12.3. The molecule has 2 aromatic rings. The number of hydrogen-bond acceptors (Lipinski definition) is 4. The van der Waals surface area contributed by atoms with Crippen LogP contribution in [0.5, 0.6) is 0 Å². The molecular formula is C20H22Cl2N4O3. The SMILES string of the molecule is Cc1cccc(C(=O)NNC(=O)C(C)N(C)CC(=O)Nc2ccc(Cl)c(Cl)c2)c1. The summed E-state index contributed by atoms with van der Waals surface area (Å²) in [6.07, 6.45) is 0. The van der Waals surface area contributed by atoms with Crippen LogP contribution in [0.2, 0.25) is 10.0 Å². The van der Waals surface area contributed by atoms with Crippen LogP contribution < -0.4 is 16.2 Å². The van der Waals surface area contributed by atoms with Gasteiger partial charge in [-0.3, -0.25) is 30.1 Å². The van der Waals surface area contributed by atoms with Crippen molar-refractivity contribution in [1.82, 2.24) is 15.8 Å². The number of anilines is 1. The van der Waals surface area contributed by atoms with Crippen molar-refractivity contribution in [2.45, 2.75) is 19.9 Å². The third-order valence-corrected chi connectivity index (χ3v) is 4.96. The molecule has 0 aliphatic carbocycles. The lowest BCUT2D eigenvalue weighted by molar-refractivity contribution is -0.127. The van der Waals surface area contributed by atoms with Gasteiger partial charge in [0, 0.05) is 11.3 Å². The molecule has 0 spiro atoms. The molecule has 0 aliphatic rings. The number of halogens is 2. The number of likely N-dealkylation sites (N-methyl/N-ethyl adjacent to an activating group) is 1. The average molecular weight is 437 g/mol. The van der Waals surface area contributed by atoms with Gasteiger partial charge in [0.2, 0.25) is 5.91 Å². The molecule has 3 amide bonds. The second-order valence-electron chi connectivity index (χ2n) is 6.58. The summed E-state index contributed by atoms with van der Waals surface area (Å²) in [5, 5.41) is 3.40. The standard InChI is InChI=1S/C20H22Cl2N4O3/c1-12-5-4-6-14(9-12)20(29)25-24-19(28)13(2)26(3)11-18(27)23-15-7-8-16(21)17(22)10-15/h4-10,13H,11H2,1-3H3,(H,23,27)(H,24,28)(H,25,29). The van der Waals surface area contributed by atoms with Gasteiger partial charge in [-0.25, -0.2) is 0 Å². The van der Waals surface area contributed by atoms with Gasteiger partial charge < -0.3 is 5.32 Å². The summed E-state index contributed by atoms with van der Waals surface area (Å²) < 4.78 is 0. The molecule has 3 N–H and O–H groups in total. The molecule has 2 aromatic carbocycles. The van der Waals surface area contributed by atoms with Crippen LogP contribution in [-0.4, -0.2) is 42.3 Å². The highest BCUT2D eigenvalue weighted by molar-refractivity contribution is 6.42. The normalized spacial score (nSPS) is 11.7. The maximum atomic E-state index is 12.3. The minimum Gasteiger partial charge on any atom is -0.325 e. The predicted molar refractivity (Wildman–Crippen MR) is 114 cm³/mol. The first-order valence-corrected chi connectivity index (χ1v) is 9.55. The number of carbonyl (C=O) groups is 3. The van der Waals surface area contributed by atoms with E-state index in [-0.39, 0.29) is 12.5 Å². The Balaban J connectivity index is 1.84. The van der Waals surface area contributed by atoms with E-state index in [1.807, 2.05) is 13.0 Å². The highest BCUT2D eigenvalue weighted by atomic mass is 35.5. The van der Waals surface area contributed by atoms with Gasteiger partial charge in [-0.2, -0.15) is 0 Å². The number of amides is 3. The zero-order chi connectivity index (χ0) is 21.6. The number of hydrazine groups is 1. The van der Waals surface area contributed by atoms with Gasteiger partial charge in [0.05, 0.1) is 22.6 Å². The van der Waals surface area contributed by atoms with Crippen molar-refractivity contribution in [1.29, 1.82) is 0 Å². The summed E-state index contributed by atoms with van der Waals surface area (Å²) in [7, 11) is 1.63. The quantitative estimate of drug-likeness (QED) is 0.606. The molecule has 29 heavy (non-hydrogen) atoms. The number of aryl methyl sites for hydroxylation is 1. The van der Waals surface area contributed by atoms with Crippen LogP contribution in [0.1, 0.15) is 22.8 Å². The molecule has 154 valence electrons. The van der Waals surface area contributed by atoms with E-state index in [0.717, 1.165) is 5.56 Å². The van der Waals surface area contributed by atoms with E-state index in [4.69, 9.17) is 23.2 Å². The molecule has 0 aromatic heterocycles. The van der Waals surface area contributed by atoms with Crippen molar-refractivity contribution in [3.05, 3.63) is 63.6 Å². The molecule has 2 rings (SSSR count). The van der Waals surface area contributed by atoms with Crippen LogP contribution in [0.25, 0.3) is 0 Å². The molecule has 1 atom stereocenters. The number of rotatable bonds is 6. The summed E-state index contributed by atoms with van der Waals surface area (Å²) in [5.41, 5.74) is 6.62. The summed E-state index contributed by atoms with van der Waals surface area (Å²) in [6.45, 7) is 3.46. The van der Waals surface area contributed by atoms with Crippen LogP contribution >= 0.6 is 23.2 Å². The maximum Gasteiger partial charge on any atom is 0.269 e. The molecule has 0 bridgehead atoms. The van der Waals surface area contributed by atoms with Crippen molar-refractivity contribution in [2.24, 2.45) is 0 Å². The zero-order valence-corrected chi connectivity index (χ0v) is 17.8. The van der Waals surface area contributed by atoms with Crippen molar-refractivity contribution in [3.63, 3.8) is 0 Å². The van der Waals surface area contributed by atoms with E-state index >= 15 is 0 Å². The van der Waals surface area contributed by atoms with Crippen molar-refractivity contribution < 1.29 is 14.4 Å². The summed E-state index contributed by atoms with van der Waals surface area (Å²) in [6, 6.07) is 11.1. The molecular weight excluding hydrogens is 415 g/mol. The third kappa shape index (κ3) is 6.74. The number of nitrogens with zero attached hydrogens (tertiary/aromatic N) is 1. The fraction of sp³-hybridized carbons (Fsp3) is 0.250. The number of carbonyl (C=O) groups excluding carboxylic acids is 3. The molecule has 7 nitrogen and oxygen atoms in total. The van der Waals surface area contributed by atoms with Gasteiger partial charge in [0.15, 0.2) is 0 Å². The zero-order valence-electron chi connectivity index (χ0n) is 16.3. The molecule has 1 unspecified atom stereocenters.